The maximum absolute atomic E-state index is 11.7. The first-order valence-electron chi connectivity index (χ1n) is 8.33. The number of halogens is 1. The van der Waals surface area contributed by atoms with Gasteiger partial charge in [-0.2, -0.15) is 5.10 Å². The molecule has 0 bridgehead atoms. The fraction of sp³-hybridized carbons (Fsp3) is 0.412. The predicted molar refractivity (Wildman–Crippen MR) is 96.2 cm³/mol. The lowest BCUT2D eigenvalue weighted by Gasteiger charge is -2.13. The summed E-state index contributed by atoms with van der Waals surface area (Å²) >= 11 is 6.05. The number of rotatable bonds is 8. The van der Waals surface area contributed by atoms with Gasteiger partial charge in [-0.1, -0.05) is 11.6 Å². The number of nitrogens with one attached hydrogen (secondary N) is 2. The Labute approximate surface area is 165 Å². The fourth-order valence-electron chi connectivity index (χ4n) is 2.39. The second kappa shape index (κ2) is 10.5. The van der Waals surface area contributed by atoms with Crippen LogP contribution in [-0.2, 0) is 19.1 Å². The molecule has 0 radical (unpaired) electrons. The first-order chi connectivity index (χ1) is 13.4. The molecule has 1 aromatic carbocycles. The molecule has 10 nitrogen and oxygen atoms in total. The first-order valence-corrected chi connectivity index (χ1v) is 8.71. The van der Waals surface area contributed by atoms with Crippen molar-refractivity contribution in [2.75, 3.05) is 26.9 Å². The van der Waals surface area contributed by atoms with E-state index in [-0.39, 0.29) is 29.2 Å². The minimum atomic E-state index is -1.41. The van der Waals surface area contributed by atoms with E-state index in [4.69, 9.17) is 25.8 Å². The second-order valence-electron chi connectivity index (χ2n) is 5.74. The van der Waals surface area contributed by atoms with E-state index in [0.717, 1.165) is 12.8 Å². The van der Waals surface area contributed by atoms with Crippen LogP contribution in [-0.4, -0.2) is 57.0 Å². The number of amides is 2. The largest absolute Gasteiger partial charge is 0.546 e. The molecule has 2 rings (SSSR count). The Hall–Kier alpha value is -2.85. The van der Waals surface area contributed by atoms with Gasteiger partial charge in [-0.3, -0.25) is 9.59 Å². The van der Waals surface area contributed by atoms with Crippen molar-refractivity contribution in [1.29, 1.82) is 0 Å². The normalized spacial score (nSPS) is 16.0. The molecule has 1 aliphatic heterocycles. The number of carbonyl (C=O) groups is 3. The van der Waals surface area contributed by atoms with E-state index >= 15 is 0 Å². The van der Waals surface area contributed by atoms with Crippen LogP contribution in [0.25, 0.3) is 0 Å². The molecule has 11 heteroatoms. The van der Waals surface area contributed by atoms with Crippen LogP contribution in [0.15, 0.2) is 17.2 Å². The molecule has 0 aromatic heterocycles. The Balaban J connectivity index is 1.91. The second-order valence-corrected chi connectivity index (χ2v) is 6.15. The molecule has 2 N–H and O–H groups in total. The monoisotopic (exact) mass is 412 g/mol. The highest BCUT2D eigenvalue weighted by atomic mass is 35.5. The number of methoxy groups -OCH3 is 1. The molecular weight excluding hydrogens is 394 g/mol. The van der Waals surface area contributed by atoms with Crippen LogP contribution in [0.2, 0.25) is 5.02 Å². The van der Waals surface area contributed by atoms with Crippen LogP contribution in [0.1, 0.15) is 18.4 Å². The molecule has 2 amide bonds. The minimum Gasteiger partial charge on any atom is -0.546 e. The topological polar surface area (TPSA) is 138 Å². The van der Waals surface area contributed by atoms with Gasteiger partial charge in [0.25, 0.3) is 0 Å². The SMILES string of the molecule is COc1cc(/C=N\NC(=O)C(=O)NC[C@H]2CCCO2)cc(Cl)c1OCC(=O)[O-]. The number of ether oxygens (including phenoxy) is 3. The fourth-order valence-corrected chi connectivity index (χ4v) is 2.67. The number of hydrazone groups is 1. The van der Waals surface area contributed by atoms with Gasteiger partial charge in [0, 0.05) is 13.2 Å². The maximum Gasteiger partial charge on any atom is 0.329 e. The third-order valence-corrected chi connectivity index (χ3v) is 3.97. The van der Waals surface area contributed by atoms with Crippen molar-refractivity contribution < 1.29 is 33.7 Å². The summed E-state index contributed by atoms with van der Waals surface area (Å²) < 4.78 is 15.5. The smallest absolute Gasteiger partial charge is 0.329 e. The van der Waals surface area contributed by atoms with Crippen molar-refractivity contribution in [3.8, 4) is 11.5 Å². The first kappa shape index (κ1) is 21.5. The van der Waals surface area contributed by atoms with Crippen molar-refractivity contribution in [2.45, 2.75) is 18.9 Å². The van der Waals surface area contributed by atoms with Crippen molar-refractivity contribution in [2.24, 2.45) is 5.10 Å². The summed E-state index contributed by atoms with van der Waals surface area (Å²) in [5, 5.41) is 16.7. The molecule has 1 fully saturated rings. The summed E-state index contributed by atoms with van der Waals surface area (Å²) in [5.74, 6) is -2.97. The van der Waals surface area contributed by atoms with Gasteiger partial charge >= 0.3 is 11.8 Å². The van der Waals surface area contributed by atoms with Gasteiger partial charge in [-0.15, -0.1) is 0 Å². The Kier molecular flexibility index (Phi) is 8.02. The lowest BCUT2D eigenvalue weighted by atomic mass is 10.2. The molecule has 0 aliphatic carbocycles. The minimum absolute atomic E-state index is 0.0306. The molecule has 28 heavy (non-hydrogen) atoms. The van der Waals surface area contributed by atoms with Crippen molar-refractivity contribution in [1.82, 2.24) is 10.7 Å². The van der Waals surface area contributed by atoms with Crippen LogP contribution in [0.4, 0.5) is 0 Å². The van der Waals surface area contributed by atoms with Gasteiger partial charge in [0.05, 0.1) is 30.4 Å². The van der Waals surface area contributed by atoms with E-state index in [1.807, 2.05) is 0 Å². The molecular formula is C17H19ClN3O7-. The van der Waals surface area contributed by atoms with Crippen molar-refractivity contribution in [3.05, 3.63) is 22.7 Å². The van der Waals surface area contributed by atoms with Gasteiger partial charge in [0.15, 0.2) is 11.5 Å². The van der Waals surface area contributed by atoms with E-state index in [2.05, 4.69) is 15.8 Å². The zero-order valence-corrected chi connectivity index (χ0v) is 15.8. The van der Waals surface area contributed by atoms with E-state index < -0.39 is 24.4 Å². The number of carboxylic acid groups (broad SMARTS) is 1. The van der Waals surface area contributed by atoms with Gasteiger partial charge < -0.3 is 29.4 Å². The predicted octanol–water partition coefficient (Wildman–Crippen LogP) is -0.777. The van der Waals surface area contributed by atoms with Crippen molar-refractivity contribution in [3.63, 3.8) is 0 Å². The zero-order valence-electron chi connectivity index (χ0n) is 15.0. The molecule has 1 saturated heterocycles. The molecule has 152 valence electrons. The standard InChI is InChI=1S/C17H20ClN3O7/c1-26-13-6-10(5-12(18)15(13)28-9-14(22)23)7-20-21-17(25)16(24)19-8-11-3-2-4-27-11/h5-7,11H,2-4,8-9H2,1H3,(H,19,24)(H,21,25)(H,22,23)/p-1/b20-7-/t11-/m1/s1. The van der Waals surface area contributed by atoms with E-state index in [9.17, 15) is 19.5 Å². The summed E-state index contributed by atoms with van der Waals surface area (Å²) in [6.45, 7) is 0.219. The van der Waals surface area contributed by atoms with Crippen LogP contribution in [0, 0.1) is 0 Å². The number of hydrogen-bond acceptors (Lipinski definition) is 8. The average molecular weight is 413 g/mol. The van der Waals surface area contributed by atoms with E-state index in [1.165, 1.54) is 25.5 Å². The number of hydrogen-bond donors (Lipinski definition) is 2. The third-order valence-electron chi connectivity index (χ3n) is 3.69. The molecule has 1 aliphatic rings. The molecule has 0 unspecified atom stereocenters. The van der Waals surface area contributed by atoms with E-state index in [0.29, 0.717) is 12.2 Å². The summed E-state index contributed by atoms with van der Waals surface area (Å²) in [6, 6.07) is 2.88. The highest BCUT2D eigenvalue weighted by Gasteiger charge is 2.19. The summed E-state index contributed by atoms with van der Waals surface area (Å²) in [7, 11) is 1.35. The molecule has 1 aromatic rings. The summed E-state index contributed by atoms with van der Waals surface area (Å²) in [6.07, 6.45) is 2.93. The van der Waals surface area contributed by atoms with Crippen LogP contribution in [0.5, 0.6) is 11.5 Å². The summed E-state index contributed by atoms with van der Waals surface area (Å²) in [4.78, 5) is 33.9. The number of carbonyl (C=O) groups excluding carboxylic acids is 3. The summed E-state index contributed by atoms with van der Waals surface area (Å²) in [5.41, 5.74) is 2.51. The van der Waals surface area contributed by atoms with Gasteiger partial charge in [-0.25, -0.2) is 5.43 Å². The molecule has 0 saturated carbocycles. The van der Waals surface area contributed by atoms with E-state index in [1.54, 1.807) is 0 Å². The highest BCUT2D eigenvalue weighted by Crippen LogP contribution is 2.35. The number of nitrogens with zero attached hydrogens (tertiary/aromatic N) is 1. The average Bonchev–Trinajstić information content (AvgIpc) is 3.18. The lowest BCUT2D eigenvalue weighted by Crippen LogP contribution is -2.41. The number of aliphatic carboxylic acids is 1. The Morgan fingerprint density at radius 2 is 2.18 bits per heavy atom. The maximum atomic E-state index is 11.7. The quantitative estimate of drug-likeness (QED) is 0.324. The Morgan fingerprint density at radius 1 is 1.39 bits per heavy atom. The van der Waals surface area contributed by atoms with Crippen molar-refractivity contribution >= 4 is 35.6 Å². The van der Waals surface area contributed by atoms with Gasteiger partial charge in [0.2, 0.25) is 0 Å². The Morgan fingerprint density at radius 3 is 2.82 bits per heavy atom. The van der Waals surface area contributed by atoms with Crippen LogP contribution < -0.4 is 25.3 Å². The third kappa shape index (κ3) is 6.39. The number of benzene rings is 1. The van der Waals surface area contributed by atoms with Gasteiger partial charge in [-0.05, 0) is 30.5 Å². The molecule has 1 heterocycles. The zero-order chi connectivity index (χ0) is 20.5. The molecule has 0 spiro atoms. The van der Waals surface area contributed by atoms with Crippen LogP contribution in [0.3, 0.4) is 0 Å². The highest BCUT2D eigenvalue weighted by molar-refractivity contribution is 6.35. The lowest BCUT2D eigenvalue weighted by molar-refractivity contribution is -0.307. The Bertz CT molecular complexity index is 763. The molecule has 1 atom stereocenters. The van der Waals surface area contributed by atoms with Gasteiger partial charge in [0.1, 0.15) is 6.61 Å². The number of carboxylic acids is 1. The van der Waals surface area contributed by atoms with Crippen LogP contribution >= 0.6 is 11.6 Å².